The number of aryl methyl sites for hydroxylation is 1. The van der Waals surface area contributed by atoms with Crippen LogP contribution >= 0.6 is 38.6 Å². The zero-order valence-electron chi connectivity index (χ0n) is 15.2. The molecule has 0 spiro atoms. The monoisotopic (exact) mass is 479 g/mol. The summed E-state index contributed by atoms with van der Waals surface area (Å²) >= 11 is 6.34. The molecule has 2 amide bonds. The SMILES string of the molecule is CC(=O)NCc1ccc(-c2csc(NC(=O)COc3ccc(C)cc3Br)n2)s1. The van der Waals surface area contributed by atoms with Gasteiger partial charge < -0.3 is 10.1 Å². The minimum absolute atomic E-state index is 0.0616. The summed E-state index contributed by atoms with van der Waals surface area (Å²) in [6.45, 7) is 3.87. The van der Waals surface area contributed by atoms with E-state index in [1.807, 2.05) is 42.6 Å². The van der Waals surface area contributed by atoms with Gasteiger partial charge in [-0.25, -0.2) is 4.98 Å². The van der Waals surface area contributed by atoms with E-state index in [1.54, 1.807) is 11.3 Å². The number of rotatable bonds is 7. The Balaban J connectivity index is 1.55. The van der Waals surface area contributed by atoms with E-state index in [4.69, 9.17) is 4.74 Å². The van der Waals surface area contributed by atoms with Crippen LogP contribution in [0.4, 0.5) is 5.13 Å². The fraction of sp³-hybridized carbons (Fsp3) is 0.211. The summed E-state index contributed by atoms with van der Waals surface area (Å²) in [5, 5.41) is 7.93. The molecule has 0 atom stereocenters. The molecular weight excluding hydrogens is 462 g/mol. The molecule has 6 nitrogen and oxygen atoms in total. The second-order valence-corrected chi connectivity index (χ2v) is 8.87. The standard InChI is InChI=1S/C19H18BrN3O3S2/c1-11-3-5-16(14(20)7-11)26-9-18(25)23-19-22-15(10-27-19)17-6-4-13(28-17)8-21-12(2)24/h3-7,10H,8-9H2,1-2H3,(H,21,24)(H,22,23,25). The van der Waals surface area contributed by atoms with Crippen LogP contribution in [0, 0.1) is 6.92 Å². The Hall–Kier alpha value is -2.23. The molecule has 0 unspecified atom stereocenters. The number of benzene rings is 1. The lowest BCUT2D eigenvalue weighted by atomic mass is 10.2. The average Bonchev–Trinajstić information content (AvgIpc) is 3.28. The number of anilines is 1. The zero-order chi connectivity index (χ0) is 20.1. The quantitative estimate of drug-likeness (QED) is 0.518. The highest BCUT2D eigenvalue weighted by Gasteiger charge is 2.11. The van der Waals surface area contributed by atoms with E-state index in [0.29, 0.717) is 17.4 Å². The van der Waals surface area contributed by atoms with Crippen molar-refractivity contribution in [2.24, 2.45) is 0 Å². The number of nitrogens with one attached hydrogen (secondary N) is 2. The van der Waals surface area contributed by atoms with Crippen LogP contribution < -0.4 is 15.4 Å². The highest BCUT2D eigenvalue weighted by Crippen LogP contribution is 2.31. The fourth-order valence-electron chi connectivity index (χ4n) is 2.29. The summed E-state index contributed by atoms with van der Waals surface area (Å²) in [4.78, 5) is 29.6. The molecule has 0 saturated carbocycles. The third kappa shape index (κ3) is 5.63. The lowest BCUT2D eigenvalue weighted by Gasteiger charge is -2.08. The van der Waals surface area contributed by atoms with Gasteiger partial charge in [-0.15, -0.1) is 22.7 Å². The van der Waals surface area contributed by atoms with Crippen molar-refractivity contribution in [2.45, 2.75) is 20.4 Å². The predicted octanol–water partition coefficient (Wildman–Crippen LogP) is 4.60. The van der Waals surface area contributed by atoms with Crippen LogP contribution in [0.3, 0.4) is 0 Å². The van der Waals surface area contributed by atoms with Crippen LogP contribution in [0.15, 0.2) is 40.2 Å². The number of amides is 2. The molecule has 3 rings (SSSR count). The third-order valence-corrected chi connectivity index (χ3v) is 6.11. The van der Waals surface area contributed by atoms with Gasteiger partial charge in [-0.3, -0.25) is 14.9 Å². The number of carbonyl (C=O) groups excluding carboxylic acids is 2. The fourth-order valence-corrected chi connectivity index (χ4v) is 4.61. The molecule has 146 valence electrons. The molecule has 2 N–H and O–H groups in total. The zero-order valence-corrected chi connectivity index (χ0v) is 18.5. The summed E-state index contributed by atoms with van der Waals surface area (Å²) in [5.74, 6) is 0.283. The summed E-state index contributed by atoms with van der Waals surface area (Å²) in [6, 6.07) is 9.60. The number of ether oxygens (including phenoxy) is 1. The first-order valence-electron chi connectivity index (χ1n) is 8.38. The molecule has 2 heterocycles. The van der Waals surface area contributed by atoms with Gasteiger partial charge in [0.05, 0.1) is 21.6 Å². The number of thiophene rings is 1. The van der Waals surface area contributed by atoms with E-state index in [2.05, 4.69) is 31.5 Å². The summed E-state index contributed by atoms with van der Waals surface area (Å²) in [6.07, 6.45) is 0. The number of hydrogen-bond donors (Lipinski definition) is 2. The highest BCUT2D eigenvalue weighted by atomic mass is 79.9. The smallest absolute Gasteiger partial charge is 0.264 e. The summed E-state index contributed by atoms with van der Waals surface area (Å²) < 4.78 is 6.36. The number of carbonyl (C=O) groups is 2. The van der Waals surface area contributed by atoms with Crippen molar-refractivity contribution in [3.63, 3.8) is 0 Å². The van der Waals surface area contributed by atoms with Crippen molar-refractivity contribution in [3.05, 3.63) is 50.6 Å². The van der Waals surface area contributed by atoms with Crippen molar-refractivity contribution in [1.29, 1.82) is 0 Å². The first kappa shape index (κ1) is 20.5. The molecule has 0 aliphatic carbocycles. The Kier molecular flexibility index (Phi) is 6.82. The van der Waals surface area contributed by atoms with E-state index < -0.39 is 0 Å². The number of thiazole rings is 1. The topological polar surface area (TPSA) is 80.3 Å². The van der Waals surface area contributed by atoms with E-state index >= 15 is 0 Å². The van der Waals surface area contributed by atoms with Crippen LogP contribution in [0.25, 0.3) is 10.6 Å². The number of aromatic nitrogens is 1. The van der Waals surface area contributed by atoms with Gasteiger partial charge in [0.25, 0.3) is 5.91 Å². The van der Waals surface area contributed by atoms with Crippen molar-refractivity contribution < 1.29 is 14.3 Å². The first-order valence-corrected chi connectivity index (χ1v) is 10.9. The number of nitrogens with zero attached hydrogens (tertiary/aromatic N) is 1. The molecule has 0 bridgehead atoms. The van der Waals surface area contributed by atoms with E-state index in [1.165, 1.54) is 18.3 Å². The Morgan fingerprint density at radius 1 is 1.25 bits per heavy atom. The van der Waals surface area contributed by atoms with Gasteiger partial charge in [0, 0.05) is 17.2 Å². The van der Waals surface area contributed by atoms with Gasteiger partial charge in [0.2, 0.25) is 5.91 Å². The minimum atomic E-state index is -0.272. The Morgan fingerprint density at radius 2 is 2.07 bits per heavy atom. The van der Waals surface area contributed by atoms with Crippen molar-refractivity contribution in [1.82, 2.24) is 10.3 Å². The van der Waals surface area contributed by atoms with Crippen LogP contribution in [-0.2, 0) is 16.1 Å². The predicted molar refractivity (Wildman–Crippen MR) is 116 cm³/mol. The summed E-state index contributed by atoms with van der Waals surface area (Å²) in [7, 11) is 0. The Bertz CT molecular complexity index is 1000. The van der Waals surface area contributed by atoms with Gasteiger partial charge >= 0.3 is 0 Å². The normalized spacial score (nSPS) is 10.5. The first-order chi connectivity index (χ1) is 13.4. The molecule has 0 aliphatic heterocycles. The number of hydrogen-bond acceptors (Lipinski definition) is 6. The molecule has 9 heteroatoms. The van der Waals surface area contributed by atoms with Gasteiger partial charge in [0.1, 0.15) is 5.75 Å². The van der Waals surface area contributed by atoms with Gasteiger partial charge in [-0.2, -0.15) is 0 Å². The molecule has 2 aromatic heterocycles. The van der Waals surface area contributed by atoms with Gasteiger partial charge in [-0.1, -0.05) is 6.07 Å². The lowest BCUT2D eigenvalue weighted by Crippen LogP contribution is -2.20. The molecular formula is C19H18BrN3O3S2. The maximum absolute atomic E-state index is 12.1. The summed E-state index contributed by atoms with van der Waals surface area (Å²) in [5.41, 5.74) is 1.90. The van der Waals surface area contributed by atoms with Gasteiger partial charge in [0.15, 0.2) is 11.7 Å². The number of halogens is 1. The maximum Gasteiger partial charge on any atom is 0.264 e. The van der Waals surface area contributed by atoms with Crippen LogP contribution in [0.2, 0.25) is 0 Å². The third-order valence-electron chi connectivity index (χ3n) is 3.62. The second-order valence-electron chi connectivity index (χ2n) is 5.98. The molecule has 0 aliphatic rings. The molecule has 3 aromatic rings. The average molecular weight is 480 g/mol. The second kappa shape index (κ2) is 9.31. The van der Waals surface area contributed by atoms with Crippen molar-refractivity contribution in [3.8, 4) is 16.3 Å². The van der Waals surface area contributed by atoms with E-state index in [-0.39, 0.29) is 18.4 Å². The van der Waals surface area contributed by atoms with E-state index in [9.17, 15) is 9.59 Å². The molecule has 1 aromatic carbocycles. The van der Waals surface area contributed by atoms with Gasteiger partial charge in [-0.05, 0) is 52.7 Å². The molecule has 0 fully saturated rings. The van der Waals surface area contributed by atoms with E-state index in [0.717, 1.165) is 25.5 Å². The van der Waals surface area contributed by atoms with Crippen LogP contribution in [0.1, 0.15) is 17.4 Å². The van der Waals surface area contributed by atoms with Crippen LogP contribution in [-0.4, -0.2) is 23.4 Å². The Morgan fingerprint density at radius 3 is 2.82 bits per heavy atom. The van der Waals surface area contributed by atoms with Crippen molar-refractivity contribution in [2.75, 3.05) is 11.9 Å². The van der Waals surface area contributed by atoms with Crippen LogP contribution in [0.5, 0.6) is 5.75 Å². The Labute approximate surface area is 179 Å². The minimum Gasteiger partial charge on any atom is -0.483 e. The molecule has 28 heavy (non-hydrogen) atoms. The molecule has 0 radical (unpaired) electrons. The highest BCUT2D eigenvalue weighted by molar-refractivity contribution is 9.10. The lowest BCUT2D eigenvalue weighted by molar-refractivity contribution is -0.119. The van der Waals surface area contributed by atoms with Crippen molar-refractivity contribution >= 4 is 55.5 Å². The maximum atomic E-state index is 12.1. The molecule has 0 saturated heterocycles. The largest absolute Gasteiger partial charge is 0.483 e.